The van der Waals surface area contributed by atoms with Crippen molar-refractivity contribution in [3.05, 3.63) is 29.0 Å². The molecule has 0 bridgehead atoms. The Hall–Kier alpha value is -0.640. The van der Waals surface area contributed by atoms with Gasteiger partial charge in [0, 0.05) is 6.20 Å². The second-order valence-corrected chi connectivity index (χ2v) is 4.42. The van der Waals surface area contributed by atoms with Gasteiger partial charge in [0.2, 0.25) is 0 Å². The van der Waals surface area contributed by atoms with Crippen molar-refractivity contribution in [1.29, 1.82) is 0 Å². The normalized spacial score (nSPS) is 17.7. The minimum atomic E-state index is -0.0668. The van der Waals surface area contributed by atoms with Crippen LogP contribution in [-0.4, -0.2) is 23.2 Å². The number of aliphatic hydroxyl groups excluding tert-OH is 1. The zero-order valence-electron chi connectivity index (χ0n) is 8.49. The molecule has 1 aliphatic carbocycles. The summed E-state index contributed by atoms with van der Waals surface area (Å²) in [7, 11) is 0. The summed E-state index contributed by atoms with van der Waals surface area (Å²) < 4.78 is 0. The predicted molar refractivity (Wildman–Crippen MR) is 59.8 cm³/mol. The average molecular weight is 227 g/mol. The van der Waals surface area contributed by atoms with E-state index in [1.165, 1.54) is 12.8 Å². The monoisotopic (exact) mass is 226 g/mol. The summed E-state index contributed by atoms with van der Waals surface area (Å²) in [6.07, 6.45) is 4.22. The molecule has 2 N–H and O–H groups in total. The Labute approximate surface area is 94.5 Å². The number of pyridine rings is 1. The topological polar surface area (TPSA) is 45.1 Å². The molecule has 1 saturated carbocycles. The fourth-order valence-corrected chi connectivity index (χ4v) is 1.60. The van der Waals surface area contributed by atoms with Crippen LogP contribution in [0.2, 0.25) is 5.02 Å². The molecule has 0 aliphatic heterocycles. The Morgan fingerprint density at radius 2 is 2.33 bits per heavy atom. The lowest BCUT2D eigenvalue weighted by Crippen LogP contribution is -2.27. The Morgan fingerprint density at radius 3 is 2.87 bits per heavy atom. The molecular formula is C11H15ClN2O. The molecule has 1 atom stereocenters. The third-order valence-corrected chi connectivity index (χ3v) is 2.86. The molecule has 1 aromatic rings. The van der Waals surface area contributed by atoms with Crippen molar-refractivity contribution in [1.82, 2.24) is 10.3 Å². The molecule has 1 aliphatic rings. The van der Waals surface area contributed by atoms with Crippen molar-refractivity contribution in [2.45, 2.75) is 18.9 Å². The van der Waals surface area contributed by atoms with Gasteiger partial charge in [-0.05, 0) is 37.4 Å². The van der Waals surface area contributed by atoms with E-state index in [0.717, 1.165) is 18.2 Å². The molecule has 1 fully saturated rings. The fraction of sp³-hybridized carbons (Fsp3) is 0.545. The van der Waals surface area contributed by atoms with Crippen LogP contribution in [0.15, 0.2) is 18.3 Å². The maximum Gasteiger partial charge on any atom is 0.0730 e. The Balaban J connectivity index is 1.94. The fourth-order valence-electron chi connectivity index (χ4n) is 1.49. The lowest BCUT2D eigenvalue weighted by Gasteiger charge is -2.15. The van der Waals surface area contributed by atoms with E-state index < -0.39 is 0 Å². The first-order valence-corrected chi connectivity index (χ1v) is 5.63. The summed E-state index contributed by atoms with van der Waals surface area (Å²) in [6.45, 7) is 1.04. The Kier molecular flexibility index (Phi) is 3.57. The summed E-state index contributed by atoms with van der Waals surface area (Å²) in [5.41, 5.74) is 0.850. The number of nitrogens with one attached hydrogen (secondary N) is 1. The third-order valence-electron chi connectivity index (χ3n) is 2.64. The van der Waals surface area contributed by atoms with Gasteiger partial charge in [-0.3, -0.25) is 4.98 Å². The van der Waals surface area contributed by atoms with Crippen LogP contribution >= 0.6 is 11.6 Å². The minimum absolute atomic E-state index is 0.0668. The van der Waals surface area contributed by atoms with Gasteiger partial charge in [0.1, 0.15) is 0 Å². The smallest absolute Gasteiger partial charge is 0.0730 e. The first-order valence-electron chi connectivity index (χ1n) is 5.25. The maximum atomic E-state index is 9.25. The number of halogens is 1. The van der Waals surface area contributed by atoms with Crippen LogP contribution in [-0.2, 0) is 0 Å². The predicted octanol–water partition coefficient (Wildman–Crippen LogP) is 1.77. The van der Waals surface area contributed by atoms with E-state index in [-0.39, 0.29) is 12.6 Å². The summed E-state index contributed by atoms with van der Waals surface area (Å²) in [6, 6.07) is 3.58. The third kappa shape index (κ3) is 3.16. The van der Waals surface area contributed by atoms with Gasteiger partial charge in [-0.1, -0.05) is 11.6 Å². The molecule has 82 valence electrons. The van der Waals surface area contributed by atoms with Gasteiger partial charge < -0.3 is 10.4 Å². The van der Waals surface area contributed by atoms with E-state index in [9.17, 15) is 5.11 Å². The van der Waals surface area contributed by atoms with Crippen LogP contribution in [0, 0.1) is 5.92 Å². The number of hydrogen-bond donors (Lipinski definition) is 2. The summed E-state index contributed by atoms with van der Waals surface area (Å²) in [5, 5.41) is 13.2. The second-order valence-electron chi connectivity index (χ2n) is 3.99. The molecule has 2 rings (SSSR count). The molecule has 0 aromatic carbocycles. The molecule has 4 heteroatoms. The number of rotatable bonds is 5. The molecule has 0 saturated heterocycles. The molecule has 0 radical (unpaired) electrons. The van der Waals surface area contributed by atoms with Gasteiger partial charge in [0.25, 0.3) is 0 Å². The van der Waals surface area contributed by atoms with Crippen LogP contribution in [0.3, 0.4) is 0 Å². The summed E-state index contributed by atoms with van der Waals surface area (Å²) >= 11 is 5.75. The SMILES string of the molecule is OCC(NCC1CC1)c1ccc(Cl)cn1. The first kappa shape index (κ1) is 10.9. The molecule has 1 aromatic heterocycles. The zero-order chi connectivity index (χ0) is 10.7. The van der Waals surface area contributed by atoms with Crippen molar-refractivity contribution < 1.29 is 5.11 Å². The quantitative estimate of drug-likeness (QED) is 0.805. The van der Waals surface area contributed by atoms with Gasteiger partial charge in [0.05, 0.1) is 23.4 Å². The molecule has 1 heterocycles. The minimum Gasteiger partial charge on any atom is -0.394 e. The standard InChI is InChI=1S/C11H15ClN2O/c12-9-3-4-10(14-6-9)11(7-15)13-5-8-1-2-8/h3-4,6,8,11,13,15H,1-2,5,7H2. The number of aromatic nitrogens is 1. The molecule has 3 nitrogen and oxygen atoms in total. The van der Waals surface area contributed by atoms with E-state index in [0.29, 0.717) is 5.02 Å². The van der Waals surface area contributed by atoms with Crippen molar-refractivity contribution in [2.24, 2.45) is 5.92 Å². The van der Waals surface area contributed by atoms with Gasteiger partial charge >= 0.3 is 0 Å². The highest BCUT2D eigenvalue weighted by atomic mass is 35.5. The van der Waals surface area contributed by atoms with E-state index in [2.05, 4.69) is 10.3 Å². The van der Waals surface area contributed by atoms with E-state index >= 15 is 0 Å². The largest absolute Gasteiger partial charge is 0.394 e. The first-order chi connectivity index (χ1) is 7.29. The lowest BCUT2D eigenvalue weighted by molar-refractivity contribution is 0.241. The highest BCUT2D eigenvalue weighted by Crippen LogP contribution is 2.28. The van der Waals surface area contributed by atoms with Gasteiger partial charge in [-0.2, -0.15) is 0 Å². The van der Waals surface area contributed by atoms with Gasteiger partial charge in [0.15, 0.2) is 0 Å². The summed E-state index contributed by atoms with van der Waals surface area (Å²) in [4.78, 5) is 4.19. The van der Waals surface area contributed by atoms with E-state index in [1.54, 1.807) is 12.3 Å². The lowest BCUT2D eigenvalue weighted by atomic mass is 10.2. The van der Waals surface area contributed by atoms with Crippen molar-refractivity contribution >= 4 is 11.6 Å². The summed E-state index contributed by atoms with van der Waals surface area (Å²) in [5.74, 6) is 0.798. The van der Waals surface area contributed by atoms with Gasteiger partial charge in [-0.25, -0.2) is 0 Å². The van der Waals surface area contributed by atoms with Crippen LogP contribution in [0.25, 0.3) is 0 Å². The van der Waals surface area contributed by atoms with E-state index in [1.807, 2.05) is 6.07 Å². The van der Waals surface area contributed by atoms with Crippen LogP contribution < -0.4 is 5.32 Å². The molecular weight excluding hydrogens is 212 g/mol. The van der Waals surface area contributed by atoms with Gasteiger partial charge in [-0.15, -0.1) is 0 Å². The Bertz CT molecular complexity index is 311. The molecule has 0 spiro atoms. The number of nitrogens with zero attached hydrogens (tertiary/aromatic N) is 1. The highest BCUT2D eigenvalue weighted by Gasteiger charge is 2.22. The van der Waals surface area contributed by atoms with Crippen molar-refractivity contribution in [3.8, 4) is 0 Å². The van der Waals surface area contributed by atoms with Crippen LogP contribution in [0.5, 0.6) is 0 Å². The molecule has 0 amide bonds. The van der Waals surface area contributed by atoms with Crippen LogP contribution in [0.1, 0.15) is 24.6 Å². The van der Waals surface area contributed by atoms with E-state index in [4.69, 9.17) is 11.6 Å². The maximum absolute atomic E-state index is 9.25. The number of hydrogen-bond acceptors (Lipinski definition) is 3. The van der Waals surface area contributed by atoms with Crippen LogP contribution in [0.4, 0.5) is 0 Å². The van der Waals surface area contributed by atoms with Crippen molar-refractivity contribution in [3.63, 3.8) is 0 Å². The zero-order valence-corrected chi connectivity index (χ0v) is 9.24. The average Bonchev–Trinajstić information content (AvgIpc) is 3.05. The Morgan fingerprint density at radius 1 is 1.53 bits per heavy atom. The highest BCUT2D eigenvalue weighted by molar-refractivity contribution is 6.30. The van der Waals surface area contributed by atoms with Crippen molar-refractivity contribution in [2.75, 3.05) is 13.2 Å². The molecule has 1 unspecified atom stereocenters. The second kappa shape index (κ2) is 4.92. The number of aliphatic hydroxyl groups is 1. The molecule has 15 heavy (non-hydrogen) atoms.